The van der Waals surface area contributed by atoms with E-state index in [0.717, 1.165) is 19.3 Å². The summed E-state index contributed by atoms with van der Waals surface area (Å²) in [4.78, 5) is 11.6. The minimum absolute atomic E-state index is 0.0617. The monoisotopic (exact) mass is 338 g/mol. The quantitative estimate of drug-likeness (QED) is 0.207. The van der Waals surface area contributed by atoms with Gasteiger partial charge in [-0.15, -0.1) is 0 Å². The van der Waals surface area contributed by atoms with Crippen molar-refractivity contribution in [2.75, 3.05) is 6.61 Å². The Labute approximate surface area is 151 Å². The van der Waals surface area contributed by atoms with Crippen LogP contribution in [0.5, 0.6) is 0 Å². The van der Waals surface area contributed by atoms with E-state index < -0.39 is 0 Å². The second-order valence-electron chi connectivity index (χ2n) is 7.75. The molecule has 0 amide bonds. The Balaban J connectivity index is 1.67. The van der Waals surface area contributed by atoms with Gasteiger partial charge in [-0.25, -0.2) is 0 Å². The first-order chi connectivity index (χ1) is 11.8. The molecule has 0 spiro atoms. The Kier molecular flexibility index (Phi) is 14.3. The van der Waals surface area contributed by atoms with Crippen molar-refractivity contribution in [1.82, 2.24) is 0 Å². The fourth-order valence-electron chi connectivity index (χ4n) is 3.41. The zero-order valence-corrected chi connectivity index (χ0v) is 16.3. The van der Waals surface area contributed by atoms with E-state index in [1.807, 2.05) is 0 Å². The van der Waals surface area contributed by atoms with Crippen molar-refractivity contribution >= 4 is 5.97 Å². The molecule has 2 nitrogen and oxygen atoms in total. The molecule has 1 aliphatic carbocycles. The van der Waals surface area contributed by atoms with Crippen molar-refractivity contribution in [2.45, 2.75) is 122 Å². The van der Waals surface area contributed by atoms with E-state index in [9.17, 15) is 4.79 Å². The molecule has 0 heterocycles. The molecule has 1 fully saturated rings. The molecule has 0 aromatic rings. The molecule has 24 heavy (non-hydrogen) atoms. The Hall–Kier alpha value is -0.530. The minimum atomic E-state index is 0.0617. The molecule has 1 saturated carbocycles. The summed E-state index contributed by atoms with van der Waals surface area (Å²) in [5, 5.41) is 0. The third kappa shape index (κ3) is 11.9. The molecule has 0 atom stereocenters. The maximum atomic E-state index is 11.6. The number of carbonyl (C=O) groups excluding carboxylic acids is 1. The maximum Gasteiger partial charge on any atom is 0.308 e. The summed E-state index contributed by atoms with van der Waals surface area (Å²) >= 11 is 0. The number of rotatable bonds is 17. The maximum absolute atomic E-state index is 11.6. The van der Waals surface area contributed by atoms with E-state index in [2.05, 4.69) is 6.92 Å². The minimum Gasteiger partial charge on any atom is -0.465 e. The molecule has 0 bridgehead atoms. The van der Waals surface area contributed by atoms with Gasteiger partial charge in [0.2, 0.25) is 0 Å². The number of unbranched alkanes of at least 4 members (excludes halogenated alkanes) is 14. The summed E-state index contributed by atoms with van der Waals surface area (Å²) in [6.45, 7) is 2.93. The molecule has 0 aromatic carbocycles. The van der Waals surface area contributed by atoms with Crippen LogP contribution < -0.4 is 0 Å². The van der Waals surface area contributed by atoms with Crippen molar-refractivity contribution < 1.29 is 9.53 Å². The molecular weight excluding hydrogens is 296 g/mol. The third-order valence-electron chi connectivity index (χ3n) is 5.43. The molecule has 2 heteroatoms. The van der Waals surface area contributed by atoms with Gasteiger partial charge in [-0.3, -0.25) is 4.79 Å². The normalized spacial score (nSPS) is 14.5. The second kappa shape index (κ2) is 16.0. The molecule has 1 rings (SSSR count). The summed E-state index contributed by atoms with van der Waals surface area (Å²) in [6.07, 6.45) is 23.9. The lowest BCUT2D eigenvalue weighted by Gasteiger charge is -2.22. The fraction of sp³-hybridized carbons (Fsp3) is 0.955. The van der Waals surface area contributed by atoms with Crippen LogP contribution in [0.25, 0.3) is 0 Å². The predicted octanol–water partition coefficient (Wildman–Crippen LogP) is 7.20. The van der Waals surface area contributed by atoms with E-state index in [1.54, 1.807) is 0 Å². The predicted molar refractivity (Wildman–Crippen MR) is 103 cm³/mol. The van der Waals surface area contributed by atoms with Crippen molar-refractivity contribution in [2.24, 2.45) is 5.92 Å². The lowest BCUT2D eigenvalue weighted by atomic mass is 9.86. The summed E-state index contributed by atoms with van der Waals surface area (Å²) < 4.78 is 5.32. The zero-order valence-electron chi connectivity index (χ0n) is 16.3. The Morgan fingerprint density at radius 3 is 1.50 bits per heavy atom. The molecule has 1 aliphatic rings. The van der Waals surface area contributed by atoms with E-state index in [4.69, 9.17) is 4.74 Å². The number of carbonyl (C=O) groups is 1. The summed E-state index contributed by atoms with van der Waals surface area (Å²) in [5.41, 5.74) is 0. The molecular formula is C22H42O2. The molecule has 0 N–H and O–H groups in total. The first kappa shape index (κ1) is 21.5. The molecule has 142 valence electrons. The standard InChI is InChI=1S/C22H42O2/c1-2-3-4-5-6-7-8-9-10-11-12-13-14-15-16-20-24-22(23)21-18-17-19-21/h21H,2-20H2,1H3. The summed E-state index contributed by atoms with van der Waals surface area (Å²) in [7, 11) is 0. The van der Waals surface area contributed by atoms with Gasteiger partial charge in [-0.05, 0) is 19.3 Å². The van der Waals surface area contributed by atoms with Gasteiger partial charge in [0.05, 0.1) is 12.5 Å². The largest absolute Gasteiger partial charge is 0.465 e. The van der Waals surface area contributed by atoms with Gasteiger partial charge >= 0.3 is 5.97 Å². The van der Waals surface area contributed by atoms with Crippen LogP contribution in [-0.4, -0.2) is 12.6 Å². The van der Waals surface area contributed by atoms with Crippen LogP contribution in [0.15, 0.2) is 0 Å². The SMILES string of the molecule is CCCCCCCCCCCCCCCCCOC(=O)C1CCC1. The molecule has 0 unspecified atom stereocenters. The van der Waals surface area contributed by atoms with E-state index in [-0.39, 0.29) is 11.9 Å². The van der Waals surface area contributed by atoms with Crippen molar-refractivity contribution in [3.8, 4) is 0 Å². The lowest BCUT2D eigenvalue weighted by molar-refractivity contribution is -0.151. The fourth-order valence-corrected chi connectivity index (χ4v) is 3.41. The summed E-state index contributed by atoms with van der Waals surface area (Å²) in [6, 6.07) is 0. The highest BCUT2D eigenvalue weighted by Crippen LogP contribution is 2.27. The van der Waals surface area contributed by atoms with Crippen molar-refractivity contribution in [1.29, 1.82) is 0 Å². The highest BCUT2D eigenvalue weighted by molar-refractivity contribution is 5.73. The van der Waals surface area contributed by atoms with Gasteiger partial charge in [0.15, 0.2) is 0 Å². The van der Waals surface area contributed by atoms with Gasteiger partial charge in [0, 0.05) is 0 Å². The van der Waals surface area contributed by atoms with Crippen LogP contribution in [0.3, 0.4) is 0 Å². The van der Waals surface area contributed by atoms with Crippen LogP contribution in [0, 0.1) is 5.92 Å². The molecule has 0 radical (unpaired) electrons. The summed E-state index contributed by atoms with van der Waals surface area (Å²) in [5.74, 6) is 0.299. The van der Waals surface area contributed by atoms with Crippen molar-refractivity contribution in [3.63, 3.8) is 0 Å². The van der Waals surface area contributed by atoms with Crippen molar-refractivity contribution in [3.05, 3.63) is 0 Å². The van der Waals surface area contributed by atoms with Crippen LogP contribution in [-0.2, 0) is 9.53 Å². The topological polar surface area (TPSA) is 26.3 Å². The first-order valence-corrected chi connectivity index (χ1v) is 11.0. The van der Waals surface area contributed by atoms with Crippen LogP contribution in [0.1, 0.15) is 122 Å². The Morgan fingerprint density at radius 2 is 1.12 bits per heavy atom. The van der Waals surface area contributed by atoms with E-state index >= 15 is 0 Å². The highest BCUT2D eigenvalue weighted by Gasteiger charge is 2.26. The number of esters is 1. The van der Waals surface area contributed by atoms with E-state index in [1.165, 1.54) is 96.3 Å². The van der Waals surface area contributed by atoms with Gasteiger partial charge in [0.1, 0.15) is 0 Å². The average molecular weight is 339 g/mol. The van der Waals surface area contributed by atoms with E-state index in [0.29, 0.717) is 6.61 Å². The van der Waals surface area contributed by atoms with Crippen LogP contribution >= 0.6 is 0 Å². The molecule has 0 aliphatic heterocycles. The van der Waals surface area contributed by atoms with Crippen LogP contribution in [0.2, 0.25) is 0 Å². The molecule has 0 aromatic heterocycles. The first-order valence-electron chi connectivity index (χ1n) is 11.0. The third-order valence-corrected chi connectivity index (χ3v) is 5.43. The van der Waals surface area contributed by atoms with Gasteiger partial charge in [-0.2, -0.15) is 0 Å². The zero-order chi connectivity index (χ0) is 17.3. The average Bonchev–Trinajstić information content (AvgIpc) is 2.53. The Bertz CT molecular complexity index is 284. The number of hydrogen-bond acceptors (Lipinski definition) is 2. The highest BCUT2D eigenvalue weighted by atomic mass is 16.5. The Morgan fingerprint density at radius 1 is 0.708 bits per heavy atom. The van der Waals surface area contributed by atoms with Gasteiger partial charge in [-0.1, -0.05) is 103 Å². The number of hydrogen-bond donors (Lipinski definition) is 0. The van der Waals surface area contributed by atoms with Gasteiger partial charge < -0.3 is 4.74 Å². The second-order valence-corrected chi connectivity index (χ2v) is 7.75. The number of ether oxygens (including phenoxy) is 1. The van der Waals surface area contributed by atoms with Gasteiger partial charge in [0.25, 0.3) is 0 Å². The molecule has 0 saturated heterocycles. The van der Waals surface area contributed by atoms with Crippen LogP contribution in [0.4, 0.5) is 0 Å². The lowest BCUT2D eigenvalue weighted by Crippen LogP contribution is -2.24. The smallest absolute Gasteiger partial charge is 0.308 e.